The Balaban J connectivity index is 3.59. The van der Waals surface area contributed by atoms with Crippen LogP contribution in [0.5, 0.6) is 0 Å². The molecule has 82 valence electrons. The summed E-state index contributed by atoms with van der Waals surface area (Å²) >= 11 is 0. The molecule has 0 aliphatic rings. The normalized spacial score (nSPS) is 14.5. The molecule has 0 radical (unpaired) electrons. The van der Waals surface area contributed by atoms with Crippen LogP contribution in [0.1, 0.15) is 19.8 Å². The SMILES string of the molecule is CC(N)CCC(=O)NC[C@H](O)C(=O)O. The molecular formula is C8H16N2O4. The molecule has 1 amide bonds. The largest absolute Gasteiger partial charge is 0.479 e. The number of hydrogen-bond donors (Lipinski definition) is 4. The zero-order chi connectivity index (χ0) is 11.1. The van der Waals surface area contributed by atoms with Crippen LogP contribution in [-0.4, -0.2) is 40.8 Å². The summed E-state index contributed by atoms with van der Waals surface area (Å²) in [7, 11) is 0. The average Bonchev–Trinajstić information content (AvgIpc) is 2.10. The second-order valence-electron chi connectivity index (χ2n) is 3.17. The third-order valence-electron chi connectivity index (χ3n) is 1.60. The summed E-state index contributed by atoms with van der Waals surface area (Å²) < 4.78 is 0. The number of aliphatic hydroxyl groups excluding tert-OH is 1. The third-order valence-corrected chi connectivity index (χ3v) is 1.60. The molecule has 14 heavy (non-hydrogen) atoms. The van der Waals surface area contributed by atoms with E-state index in [1.165, 1.54) is 0 Å². The van der Waals surface area contributed by atoms with Gasteiger partial charge in [-0.1, -0.05) is 0 Å². The minimum Gasteiger partial charge on any atom is -0.479 e. The van der Waals surface area contributed by atoms with Gasteiger partial charge >= 0.3 is 5.97 Å². The Labute approximate surface area is 82.1 Å². The van der Waals surface area contributed by atoms with Crippen LogP contribution in [0.25, 0.3) is 0 Å². The van der Waals surface area contributed by atoms with Crippen molar-refractivity contribution in [3.05, 3.63) is 0 Å². The van der Waals surface area contributed by atoms with Crippen molar-refractivity contribution >= 4 is 11.9 Å². The number of carboxylic acid groups (broad SMARTS) is 1. The van der Waals surface area contributed by atoms with E-state index in [-0.39, 0.29) is 24.9 Å². The number of rotatable bonds is 6. The maximum atomic E-state index is 11.0. The van der Waals surface area contributed by atoms with Gasteiger partial charge in [-0.25, -0.2) is 4.79 Å². The lowest BCUT2D eigenvalue weighted by molar-refractivity contribution is -0.146. The molecule has 0 aliphatic carbocycles. The minimum atomic E-state index is -1.55. The molecule has 0 saturated carbocycles. The van der Waals surface area contributed by atoms with E-state index in [4.69, 9.17) is 15.9 Å². The quantitative estimate of drug-likeness (QED) is 0.428. The third kappa shape index (κ3) is 6.38. The summed E-state index contributed by atoms with van der Waals surface area (Å²) in [6, 6.07) is -0.0647. The molecule has 0 heterocycles. The zero-order valence-corrected chi connectivity index (χ0v) is 8.06. The van der Waals surface area contributed by atoms with Crippen molar-refractivity contribution in [2.45, 2.75) is 31.9 Å². The number of nitrogens with two attached hydrogens (primary N) is 1. The van der Waals surface area contributed by atoms with E-state index in [0.717, 1.165) is 0 Å². The standard InChI is InChI=1S/C8H16N2O4/c1-5(9)2-3-7(12)10-4-6(11)8(13)14/h5-6,11H,2-4,9H2,1H3,(H,10,12)(H,13,14)/t5?,6-/m0/s1. The van der Waals surface area contributed by atoms with Crippen molar-refractivity contribution in [1.82, 2.24) is 5.32 Å². The summed E-state index contributed by atoms with van der Waals surface area (Å²) in [5, 5.41) is 19.4. The van der Waals surface area contributed by atoms with Crippen LogP contribution in [0.2, 0.25) is 0 Å². The molecule has 1 unspecified atom stereocenters. The van der Waals surface area contributed by atoms with Crippen LogP contribution >= 0.6 is 0 Å². The average molecular weight is 204 g/mol. The Bertz CT molecular complexity index is 206. The molecule has 0 rings (SSSR count). The number of carbonyl (C=O) groups excluding carboxylic acids is 1. The summed E-state index contributed by atoms with van der Waals surface area (Å²) in [6.07, 6.45) is -0.770. The van der Waals surface area contributed by atoms with E-state index in [1.807, 2.05) is 0 Å². The van der Waals surface area contributed by atoms with Gasteiger partial charge < -0.3 is 21.3 Å². The van der Waals surface area contributed by atoms with Crippen molar-refractivity contribution in [3.8, 4) is 0 Å². The Hall–Kier alpha value is -1.14. The molecule has 0 aliphatic heterocycles. The molecule has 0 bridgehead atoms. The smallest absolute Gasteiger partial charge is 0.334 e. The molecular weight excluding hydrogens is 188 g/mol. The monoisotopic (exact) mass is 204 g/mol. The Morgan fingerprint density at radius 2 is 2.07 bits per heavy atom. The maximum absolute atomic E-state index is 11.0. The second-order valence-corrected chi connectivity index (χ2v) is 3.17. The molecule has 0 saturated heterocycles. The number of hydrogen-bond acceptors (Lipinski definition) is 4. The molecule has 0 spiro atoms. The van der Waals surface area contributed by atoms with Gasteiger partial charge in [0, 0.05) is 12.5 Å². The number of aliphatic hydroxyl groups is 1. The first-order valence-corrected chi connectivity index (χ1v) is 4.36. The van der Waals surface area contributed by atoms with E-state index >= 15 is 0 Å². The van der Waals surface area contributed by atoms with Crippen LogP contribution in [-0.2, 0) is 9.59 Å². The predicted octanol–water partition coefficient (Wildman–Crippen LogP) is -1.32. The Morgan fingerprint density at radius 3 is 2.50 bits per heavy atom. The first kappa shape index (κ1) is 12.9. The van der Waals surface area contributed by atoms with Gasteiger partial charge in [0.15, 0.2) is 6.10 Å². The van der Waals surface area contributed by atoms with E-state index in [1.54, 1.807) is 6.92 Å². The fourth-order valence-corrected chi connectivity index (χ4v) is 0.745. The molecule has 0 aromatic carbocycles. The second kappa shape index (κ2) is 6.33. The molecule has 6 nitrogen and oxygen atoms in total. The van der Waals surface area contributed by atoms with Crippen molar-refractivity contribution in [3.63, 3.8) is 0 Å². The number of aliphatic carboxylic acids is 1. The van der Waals surface area contributed by atoms with Gasteiger partial charge in [-0.2, -0.15) is 0 Å². The van der Waals surface area contributed by atoms with Crippen molar-refractivity contribution < 1.29 is 19.8 Å². The molecule has 2 atom stereocenters. The summed E-state index contributed by atoms with van der Waals surface area (Å²) in [6.45, 7) is 1.51. The Kier molecular flexibility index (Phi) is 5.82. The van der Waals surface area contributed by atoms with Crippen molar-refractivity contribution in [2.75, 3.05) is 6.54 Å². The predicted molar refractivity (Wildman–Crippen MR) is 49.5 cm³/mol. The lowest BCUT2D eigenvalue weighted by atomic mass is 10.2. The number of carbonyl (C=O) groups is 2. The molecule has 6 heteroatoms. The maximum Gasteiger partial charge on any atom is 0.334 e. The van der Waals surface area contributed by atoms with E-state index in [9.17, 15) is 9.59 Å². The summed E-state index contributed by atoms with van der Waals surface area (Å²) in [5.74, 6) is -1.65. The van der Waals surface area contributed by atoms with E-state index < -0.39 is 12.1 Å². The van der Waals surface area contributed by atoms with Crippen LogP contribution in [0.4, 0.5) is 0 Å². The van der Waals surface area contributed by atoms with Crippen LogP contribution in [0.15, 0.2) is 0 Å². The highest BCUT2D eigenvalue weighted by Crippen LogP contribution is 1.92. The highest BCUT2D eigenvalue weighted by Gasteiger charge is 2.13. The molecule has 0 fully saturated rings. The first-order chi connectivity index (χ1) is 6.43. The van der Waals surface area contributed by atoms with Gasteiger partial charge in [-0.15, -0.1) is 0 Å². The Morgan fingerprint density at radius 1 is 1.50 bits per heavy atom. The molecule has 5 N–H and O–H groups in total. The number of amides is 1. The molecule has 0 aromatic heterocycles. The number of nitrogens with one attached hydrogen (secondary N) is 1. The lowest BCUT2D eigenvalue weighted by Gasteiger charge is -2.08. The number of carboxylic acids is 1. The molecule has 0 aromatic rings. The van der Waals surface area contributed by atoms with Crippen molar-refractivity contribution in [1.29, 1.82) is 0 Å². The van der Waals surface area contributed by atoms with Gasteiger partial charge in [0.25, 0.3) is 0 Å². The lowest BCUT2D eigenvalue weighted by Crippen LogP contribution is -2.36. The van der Waals surface area contributed by atoms with Crippen molar-refractivity contribution in [2.24, 2.45) is 5.73 Å². The topological polar surface area (TPSA) is 113 Å². The first-order valence-electron chi connectivity index (χ1n) is 4.36. The van der Waals surface area contributed by atoms with Gasteiger partial charge in [-0.3, -0.25) is 4.79 Å². The van der Waals surface area contributed by atoms with Crippen LogP contribution in [0, 0.1) is 0 Å². The fourth-order valence-electron chi connectivity index (χ4n) is 0.745. The van der Waals surface area contributed by atoms with Crippen LogP contribution < -0.4 is 11.1 Å². The van der Waals surface area contributed by atoms with E-state index in [0.29, 0.717) is 6.42 Å². The summed E-state index contributed by atoms with van der Waals surface area (Å²) in [5.41, 5.74) is 5.42. The zero-order valence-electron chi connectivity index (χ0n) is 8.06. The fraction of sp³-hybridized carbons (Fsp3) is 0.750. The minimum absolute atomic E-state index is 0.0647. The highest BCUT2D eigenvalue weighted by molar-refractivity contribution is 5.77. The van der Waals surface area contributed by atoms with E-state index in [2.05, 4.69) is 5.32 Å². The summed E-state index contributed by atoms with van der Waals surface area (Å²) in [4.78, 5) is 21.2. The van der Waals surface area contributed by atoms with Crippen LogP contribution in [0.3, 0.4) is 0 Å². The van der Waals surface area contributed by atoms with Gasteiger partial charge in [0.05, 0.1) is 6.54 Å². The highest BCUT2D eigenvalue weighted by atomic mass is 16.4. The van der Waals surface area contributed by atoms with Gasteiger partial charge in [0.1, 0.15) is 0 Å². The van der Waals surface area contributed by atoms with Gasteiger partial charge in [0.2, 0.25) is 5.91 Å². The van der Waals surface area contributed by atoms with Gasteiger partial charge in [-0.05, 0) is 13.3 Å².